The van der Waals surface area contributed by atoms with Crippen LogP contribution in [0, 0.1) is 19.7 Å². The lowest BCUT2D eigenvalue weighted by Gasteiger charge is -2.31. The summed E-state index contributed by atoms with van der Waals surface area (Å²) in [6.45, 7) is 3.94. The summed E-state index contributed by atoms with van der Waals surface area (Å²) in [5.41, 5.74) is 4.56. The molecule has 1 N–H and O–H groups in total. The minimum absolute atomic E-state index is 0.0260. The zero-order chi connectivity index (χ0) is 28.6. The SMILES string of the molecule is Cc1cc(C)nc(SCC(=O)N(Cc2ccccc2)C(C(=O)Nc2ccc(N(C)C)cc2)c2ccc(F)cc2)n1. The Morgan fingerprint density at radius 2 is 1.52 bits per heavy atom. The Morgan fingerprint density at radius 1 is 0.900 bits per heavy atom. The molecule has 0 spiro atoms. The van der Waals surface area contributed by atoms with E-state index in [-0.39, 0.29) is 18.2 Å². The number of aryl methyl sites for hydroxylation is 2. The van der Waals surface area contributed by atoms with E-state index in [0.717, 1.165) is 22.6 Å². The number of carbonyl (C=O) groups is 2. The van der Waals surface area contributed by atoms with Crippen molar-refractivity contribution in [2.24, 2.45) is 0 Å². The van der Waals surface area contributed by atoms with Crippen molar-refractivity contribution in [3.63, 3.8) is 0 Å². The number of hydrogen-bond donors (Lipinski definition) is 1. The maximum atomic E-state index is 13.9. The van der Waals surface area contributed by atoms with Gasteiger partial charge in [0.15, 0.2) is 5.16 Å². The number of carbonyl (C=O) groups excluding carboxylic acids is 2. The number of halogens is 1. The van der Waals surface area contributed by atoms with Crippen LogP contribution in [0.3, 0.4) is 0 Å². The van der Waals surface area contributed by atoms with Crippen LogP contribution in [0.15, 0.2) is 90.1 Å². The number of amides is 2. The molecule has 1 heterocycles. The number of hydrogen-bond acceptors (Lipinski definition) is 6. The molecule has 4 rings (SSSR count). The molecule has 4 aromatic rings. The molecular weight excluding hydrogens is 525 g/mol. The molecule has 0 aliphatic heterocycles. The minimum atomic E-state index is -1.01. The Kier molecular flexibility index (Phi) is 9.50. The normalized spacial score (nSPS) is 11.5. The van der Waals surface area contributed by atoms with Crippen molar-refractivity contribution in [1.82, 2.24) is 14.9 Å². The van der Waals surface area contributed by atoms with Crippen LogP contribution in [0.4, 0.5) is 15.8 Å². The Balaban J connectivity index is 1.67. The first-order valence-corrected chi connectivity index (χ1v) is 13.8. The number of rotatable bonds is 10. The summed E-state index contributed by atoms with van der Waals surface area (Å²) in [6, 6.07) is 23.4. The zero-order valence-electron chi connectivity index (χ0n) is 23.0. The summed E-state index contributed by atoms with van der Waals surface area (Å²) < 4.78 is 13.9. The summed E-state index contributed by atoms with van der Waals surface area (Å²) in [7, 11) is 3.87. The van der Waals surface area contributed by atoms with Crippen LogP contribution in [0.5, 0.6) is 0 Å². The van der Waals surface area contributed by atoms with Gasteiger partial charge in [0.1, 0.15) is 11.9 Å². The molecule has 0 aliphatic carbocycles. The lowest BCUT2D eigenvalue weighted by Crippen LogP contribution is -2.41. The Bertz CT molecular complexity index is 1430. The van der Waals surface area contributed by atoms with Gasteiger partial charge in [-0.05, 0) is 67.4 Å². The van der Waals surface area contributed by atoms with E-state index in [1.54, 1.807) is 12.1 Å². The van der Waals surface area contributed by atoms with Gasteiger partial charge in [-0.3, -0.25) is 9.59 Å². The highest BCUT2D eigenvalue weighted by molar-refractivity contribution is 7.99. The molecule has 1 aromatic heterocycles. The number of benzene rings is 3. The van der Waals surface area contributed by atoms with Crippen LogP contribution >= 0.6 is 11.8 Å². The molecule has 9 heteroatoms. The molecule has 0 radical (unpaired) electrons. The second-order valence-electron chi connectivity index (χ2n) is 9.61. The quantitative estimate of drug-likeness (QED) is 0.196. The van der Waals surface area contributed by atoms with Gasteiger partial charge in [0, 0.05) is 43.4 Å². The third-order valence-corrected chi connectivity index (χ3v) is 7.03. The molecule has 1 atom stereocenters. The topological polar surface area (TPSA) is 78.4 Å². The van der Waals surface area contributed by atoms with Crippen LogP contribution in [-0.2, 0) is 16.1 Å². The van der Waals surface area contributed by atoms with E-state index in [2.05, 4.69) is 15.3 Å². The van der Waals surface area contributed by atoms with Gasteiger partial charge in [0.05, 0.1) is 5.75 Å². The van der Waals surface area contributed by atoms with Gasteiger partial charge in [-0.25, -0.2) is 14.4 Å². The lowest BCUT2D eigenvalue weighted by atomic mass is 10.0. The smallest absolute Gasteiger partial charge is 0.251 e. The molecule has 206 valence electrons. The molecule has 7 nitrogen and oxygen atoms in total. The minimum Gasteiger partial charge on any atom is -0.378 e. The third-order valence-electron chi connectivity index (χ3n) is 6.20. The number of anilines is 2. The lowest BCUT2D eigenvalue weighted by molar-refractivity contribution is -0.137. The van der Waals surface area contributed by atoms with E-state index in [4.69, 9.17) is 0 Å². The van der Waals surface area contributed by atoms with Gasteiger partial charge in [0.25, 0.3) is 5.91 Å². The maximum Gasteiger partial charge on any atom is 0.251 e. The number of aromatic nitrogens is 2. The Morgan fingerprint density at radius 3 is 2.12 bits per heavy atom. The molecule has 0 fully saturated rings. The molecule has 2 amide bonds. The third kappa shape index (κ3) is 7.66. The van der Waals surface area contributed by atoms with Gasteiger partial charge in [-0.2, -0.15) is 0 Å². The first-order valence-electron chi connectivity index (χ1n) is 12.8. The summed E-state index contributed by atoms with van der Waals surface area (Å²) >= 11 is 1.22. The van der Waals surface area contributed by atoms with Crippen LogP contribution < -0.4 is 10.2 Å². The van der Waals surface area contributed by atoms with E-state index in [1.807, 2.05) is 93.5 Å². The number of thioether (sulfide) groups is 1. The van der Waals surface area contributed by atoms with Gasteiger partial charge < -0.3 is 15.1 Å². The van der Waals surface area contributed by atoms with Crippen LogP contribution in [0.2, 0.25) is 0 Å². The molecule has 1 unspecified atom stereocenters. The van der Waals surface area contributed by atoms with Crippen molar-refractivity contribution in [2.75, 3.05) is 30.1 Å². The van der Waals surface area contributed by atoms with Crippen molar-refractivity contribution in [2.45, 2.75) is 31.6 Å². The monoisotopic (exact) mass is 557 g/mol. The molecule has 0 bridgehead atoms. The van der Waals surface area contributed by atoms with Crippen molar-refractivity contribution in [3.8, 4) is 0 Å². The fraction of sp³-hybridized carbons (Fsp3) is 0.226. The average molecular weight is 558 g/mol. The van der Waals surface area contributed by atoms with Gasteiger partial charge in [-0.15, -0.1) is 0 Å². The number of nitrogens with zero attached hydrogens (tertiary/aromatic N) is 4. The predicted molar refractivity (Wildman–Crippen MR) is 158 cm³/mol. The van der Waals surface area contributed by atoms with Gasteiger partial charge in [0.2, 0.25) is 5.91 Å². The van der Waals surface area contributed by atoms with E-state index in [9.17, 15) is 14.0 Å². The van der Waals surface area contributed by atoms with Crippen molar-refractivity contribution < 1.29 is 14.0 Å². The second-order valence-corrected chi connectivity index (χ2v) is 10.6. The number of nitrogens with one attached hydrogen (secondary N) is 1. The average Bonchev–Trinajstić information content (AvgIpc) is 2.93. The highest BCUT2D eigenvalue weighted by atomic mass is 32.2. The first kappa shape index (κ1) is 28.8. The van der Waals surface area contributed by atoms with E-state index in [1.165, 1.54) is 28.8 Å². The van der Waals surface area contributed by atoms with Crippen molar-refractivity contribution >= 4 is 35.0 Å². The van der Waals surface area contributed by atoms with E-state index >= 15 is 0 Å². The summed E-state index contributed by atoms with van der Waals surface area (Å²) in [4.78, 5) is 40.1. The molecular formula is C31H32FN5O2S. The molecule has 0 aliphatic rings. The van der Waals surface area contributed by atoms with Crippen LogP contribution in [-0.4, -0.2) is 46.5 Å². The van der Waals surface area contributed by atoms with Crippen LogP contribution in [0.1, 0.15) is 28.6 Å². The molecule has 3 aromatic carbocycles. The fourth-order valence-corrected chi connectivity index (χ4v) is 5.08. The molecule has 40 heavy (non-hydrogen) atoms. The summed E-state index contributed by atoms with van der Waals surface area (Å²) in [5, 5.41) is 3.45. The van der Waals surface area contributed by atoms with E-state index < -0.39 is 17.8 Å². The van der Waals surface area contributed by atoms with Gasteiger partial charge in [-0.1, -0.05) is 54.2 Å². The molecule has 0 saturated carbocycles. The zero-order valence-corrected chi connectivity index (χ0v) is 23.8. The largest absolute Gasteiger partial charge is 0.378 e. The first-order chi connectivity index (χ1) is 19.2. The van der Waals surface area contributed by atoms with Crippen molar-refractivity contribution in [1.29, 1.82) is 0 Å². The van der Waals surface area contributed by atoms with Crippen LogP contribution in [0.25, 0.3) is 0 Å². The van der Waals surface area contributed by atoms with E-state index in [0.29, 0.717) is 16.4 Å². The Labute approximate surface area is 238 Å². The maximum absolute atomic E-state index is 13.9. The summed E-state index contributed by atoms with van der Waals surface area (Å²) in [5.74, 6) is -1.08. The second kappa shape index (κ2) is 13.2. The standard InChI is InChI=1S/C31H32FN5O2S/c1-21-18-22(2)34-31(33-21)40-20-28(38)37(19-23-8-6-5-7-9-23)29(24-10-12-25(32)13-11-24)30(39)35-26-14-16-27(17-15-26)36(3)4/h5-18,29H,19-20H2,1-4H3,(H,35,39). The Hall–Kier alpha value is -4.24. The highest BCUT2D eigenvalue weighted by Crippen LogP contribution is 2.28. The van der Waals surface area contributed by atoms with Gasteiger partial charge >= 0.3 is 0 Å². The summed E-state index contributed by atoms with van der Waals surface area (Å²) in [6.07, 6.45) is 0. The molecule has 0 saturated heterocycles. The van der Waals surface area contributed by atoms with Crippen molar-refractivity contribution in [3.05, 3.63) is 113 Å². The fourth-order valence-electron chi connectivity index (χ4n) is 4.24. The predicted octanol–water partition coefficient (Wildman–Crippen LogP) is 5.80. The highest BCUT2D eigenvalue weighted by Gasteiger charge is 2.32.